The number of aromatic nitrogens is 1. The summed E-state index contributed by atoms with van der Waals surface area (Å²) in [6, 6.07) is 0. The third-order valence-corrected chi connectivity index (χ3v) is 5.12. The molecule has 1 saturated carbocycles. The predicted octanol–water partition coefficient (Wildman–Crippen LogP) is 3.40. The van der Waals surface area contributed by atoms with Crippen LogP contribution in [0, 0.1) is 0 Å². The molecule has 1 aliphatic carbocycles. The van der Waals surface area contributed by atoms with Crippen molar-refractivity contribution in [1.82, 2.24) is 10.3 Å². The zero-order chi connectivity index (χ0) is 13.2. The molecule has 0 saturated heterocycles. The largest absolute Gasteiger partial charge is 0.371 e. The minimum atomic E-state index is -0.223. The molecule has 102 valence electrons. The fourth-order valence-electron chi connectivity index (χ4n) is 2.01. The SMILES string of the molecule is CCNCc1sc(C(C)(CC)OC)nc1C1CC1. The zero-order valence-electron chi connectivity index (χ0n) is 11.9. The standard InChI is InChI=1S/C14H24N2OS/c1-5-14(3,17-4)13-16-12(10-7-8-10)11(18-13)9-15-6-2/h10,15H,5-9H2,1-4H3. The van der Waals surface area contributed by atoms with Gasteiger partial charge in [-0.05, 0) is 32.7 Å². The molecule has 1 N–H and O–H groups in total. The van der Waals surface area contributed by atoms with Gasteiger partial charge in [-0.1, -0.05) is 13.8 Å². The summed E-state index contributed by atoms with van der Waals surface area (Å²) >= 11 is 1.83. The molecule has 1 heterocycles. The van der Waals surface area contributed by atoms with Gasteiger partial charge in [0, 0.05) is 24.4 Å². The van der Waals surface area contributed by atoms with E-state index in [1.165, 1.54) is 23.4 Å². The van der Waals surface area contributed by atoms with E-state index >= 15 is 0 Å². The van der Waals surface area contributed by atoms with E-state index in [0.29, 0.717) is 5.92 Å². The molecule has 1 atom stereocenters. The van der Waals surface area contributed by atoms with Crippen LogP contribution in [0.25, 0.3) is 0 Å². The molecular weight excluding hydrogens is 244 g/mol. The summed E-state index contributed by atoms with van der Waals surface area (Å²) in [7, 11) is 1.78. The maximum Gasteiger partial charge on any atom is 0.125 e. The Labute approximate surface area is 114 Å². The van der Waals surface area contributed by atoms with Crippen LogP contribution in [0.3, 0.4) is 0 Å². The first-order valence-corrected chi connectivity index (χ1v) is 7.72. The summed E-state index contributed by atoms with van der Waals surface area (Å²) in [5.74, 6) is 0.710. The zero-order valence-corrected chi connectivity index (χ0v) is 12.7. The van der Waals surface area contributed by atoms with E-state index < -0.39 is 0 Å². The normalized spacial score (nSPS) is 18.9. The Morgan fingerprint density at radius 2 is 2.17 bits per heavy atom. The quantitative estimate of drug-likeness (QED) is 0.823. The number of methoxy groups -OCH3 is 1. The Bertz CT molecular complexity index is 394. The van der Waals surface area contributed by atoms with Crippen molar-refractivity contribution in [3.63, 3.8) is 0 Å². The lowest BCUT2D eigenvalue weighted by Gasteiger charge is -2.23. The summed E-state index contributed by atoms with van der Waals surface area (Å²) in [6.07, 6.45) is 3.57. The number of ether oxygens (including phenoxy) is 1. The number of hydrogen-bond donors (Lipinski definition) is 1. The van der Waals surface area contributed by atoms with Crippen LogP contribution >= 0.6 is 11.3 Å². The van der Waals surface area contributed by atoms with Crippen LogP contribution in [0.4, 0.5) is 0 Å². The summed E-state index contributed by atoms with van der Waals surface area (Å²) < 4.78 is 5.67. The van der Waals surface area contributed by atoms with E-state index in [1.807, 2.05) is 11.3 Å². The second kappa shape index (κ2) is 5.68. The topological polar surface area (TPSA) is 34.1 Å². The van der Waals surface area contributed by atoms with Crippen LogP contribution < -0.4 is 5.32 Å². The van der Waals surface area contributed by atoms with E-state index in [1.54, 1.807) is 7.11 Å². The third kappa shape index (κ3) is 2.76. The second-order valence-corrected chi connectivity index (χ2v) is 6.25. The van der Waals surface area contributed by atoms with E-state index in [0.717, 1.165) is 24.5 Å². The third-order valence-electron chi connectivity index (χ3n) is 3.80. The van der Waals surface area contributed by atoms with E-state index in [2.05, 4.69) is 26.1 Å². The molecule has 1 unspecified atom stereocenters. The molecule has 4 heteroatoms. The Morgan fingerprint density at radius 3 is 2.67 bits per heavy atom. The first kappa shape index (κ1) is 14.0. The van der Waals surface area contributed by atoms with Crippen LogP contribution in [-0.4, -0.2) is 18.6 Å². The van der Waals surface area contributed by atoms with Crippen molar-refractivity contribution in [3.05, 3.63) is 15.6 Å². The van der Waals surface area contributed by atoms with Crippen molar-refractivity contribution in [1.29, 1.82) is 0 Å². The lowest BCUT2D eigenvalue weighted by molar-refractivity contribution is -0.00166. The molecular formula is C14H24N2OS. The van der Waals surface area contributed by atoms with Crippen molar-refractivity contribution >= 4 is 11.3 Å². The van der Waals surface area contributed by atoms with Gasteiger partial charge in [-0.15, -0.1) is 11.3 Å². The lowest BCUT2D eigenvalue weighted by atomic mass is 10.0. The Kier molecular flexibility index (Phi) is 4.41. The Hall–Kier alpha value is -0.450. The Morgan fingerprint density at radius 1 is 1.44 bits per heavy atom. The number of hydrogen-bond acceptors (Lipinski definition) is 4. The molecule has 0 aromatic carbocycles. The second-order valence-electron chi connectivity index (χ2n) is 5.17. The first-order valence-electron chi connectivity index (χ1n) is 6.90. The minimum Gasteiger partial charge on any atom is -0.371 e. The van der Waals surface area contributed by atoms with E-state index in [4.69, 9.17) is 9.72 Å². The molecule has 3 nitrogen and oxygen atoms in total. The van der Waals surface area contributed by atoms with Gasteiger partial charge in [-0.25, -0.2) is 4.98 Å². The molecule has 18 heavy (non-hydrogen) atoms. The van der Waals surface area contributed by atoms with Gasteiger partial charge >= 0.3 is 0 Å². The molecule has 1 aromatic heterocycles. The predicted molar refractivity (Wildman–Crippen MR) is 76.1 cm³/mol. The molecule has 1 aliphatic rings. The van der Waals surface area contributed by atoms with Gasteiger partial charge in [-0.3, -0.25) is 0 Å². The number of nitrogens with one attached hydrogen (secondary N) is 1. The fraction of sp³-hybridized carbons (Fsp3) is 0.786. The van der Waals surface area contributed by atoms with Crippen LogP contribution in [-0.2, 0) is 16.9 Å². The number of nitrogens with zero attached hydrogens (tertiary/aromatic N) is 1. The van der Waals surface area contributed by atoms with Crippen LogP contribution in [0.2, 0.25) is 0 Å². The minimum absolute atomic E-state index is 0.223. The summed E-state index contributed by atoms with van der Waals surface area (Å²) in [4.78, 5) is 6.30. The lowest BCUT2D eigenvalue weighted by Crippen LogP contribution is -2.22. The van der Waals surface area contributed by atoms with Crippen molar-refractivity contribution < 1.29 is 4.74 Å². The average molecular weight is 268 g/mol. The molecule has 0 radical (unpaired) electrons. The number of thiazole rings is 1. The van der Waals surface area contributed by atoms with Gasteiger partial charge in [0.1, 0.15) is 10.6 Å². The number of rotatable bonds is 7. The van der Waals surface area contributed by atoms with Gasteiger partial charge in [0.15, 0.2) is 0 Å². The van der Waals surface area contributed by atoms with Gasteiger partial charge in [0.25, 0.3) is 0 Å². The van der Waals surface area contributed by atoms with Crippen molar-refractivity contribution in [2.45, 2.75) is 58.1 Å². The Balaban J connectivity index is 2.26. The molecule has 0 amide bonds. The summed E-state index contributed by atoms with van der Waals surface area (Å²) in [5, 5.41) is 4.56. The van der Waals surface area contributed by atoms with Crippen LogP contribution in [0.5, 0.6) is 0 Å². The monoisotopic (exact) mass is 268 g/mol. The fourth-order valence-corrected chi connectivity index (χ4v) is 3.33. The van der Waals surface area contributed by atoms with Crippen molar-refractivity contribution in [3.8, 4) is 0 Å². The van der Waals surface area contributed by atoms with Gasteiger partial charge in [-0.2, -0.15) is 0 Å². The highest BCUT2D eigenvalue weighted by Gasteiger charge is 2.34. The highest BCUT2D eigenvalue weighted by Crippen LogP contribution is 2.44. The first-order chi connectivity index (χ1) is 8.64. The summed E-state index contributed by atoms with van der Waals surface area (Å²) in [5.41, 5.74) is 1.10. The average Bonchev–Trinajstić information content (AvgIpc) is 3.15. The van der Waals surface area contributed by atoms with Crippen molar-refractivity contribution in [2.75, 3.05) is 13.7 Å². The molecule has 0 bridgehead atoms. The molecule has 1 fully saturated rings. The molecule has 0 aliphatic heterocycles. The molecule has 1 aromatic rings. The van der Waals surface area contributed by atoms with Gasteiger partial charge in [0.2, 0.25) is 0 Å². The van der Waals surface area contributed by atoms with Gasteiger partial charge in [0.05, 0.1) is 5.69 Å². The maximum absolute atomic E-state index is 5.67. The smallest absolute Gasteiger partial charge is 0.125 e. The highest BCUT2D eigenvalue weighted by molar-refractivity contribution is 7.11. The molecule has 0 spiro atoms. The van der Waals surface area contributed by atoms with Crippen molar-refractivity contribution in [2.24, 2.45) is 0 Å². The van der Waals surface area contributed by atoms with Crippen LogP contribution in [0.1, 0.15) is 61.5 Å². The van der Waals surface area contributed by atoms with Gasteiger partial charge < -0.3 is 10.1 Å². The van der Waals surface area contributed by atoms with E-state index in [9.17, 15) is 0 Å². The maximum atomic E-state index is 5.67. The van der Waals surface area contributed by atoms with Crippen LogP contribution in [0.15, 0.2) is 0 Å². The van der Waals surface area contributed by atoms with E-state index in [-0.39, 0.29) is 5.60 Å². The molecule has 2 rings (SSSR count). The summed E-state index contributed by atoms with van der Waals surface area (Å²) in [6.45, 7) is 8.39. The highest BCUT2D eigenvalue weighted by atomic mass is 32.1.